The zero-order chi connectivity index (χ0) is 14.5. The molecule has 19 heavy (non-hydrogen) atoms. The third-order valence-electron chi connectivity index (χ3n) is 2.81. The average Bonchev–Trinajstić information content (AvgIpc) is 2.37. The van der Waals surface area contributed by atoms with Gasteiger partial charge in [0.05, 0.1) is 18.2 Å². The smallest absolute Gasteiger partial charge is 0.319 e. The predicted octanol–water partition coefficient (Wildman–Crippen LogP) is 2.29. The molecule has 3 N–H and O–H groups in total. The van der Waals surface area contributed by atoms with Crippen LogP contribution in [0.5, 0.6) is 0 Å². The van der Waals surface area contributed by atoms with Crippen molar-refractivity contribution in [3.05, 3.63) is 29.8 Å². The second-order valence-corrected chi connectivity index (χ2v) is 5.12. The Hall–Kier alpha value is -1.59. The van der Waals surface area contributed by atoms with Gasteiger partial charge >= 0.3 is 6.03 Å². The van der Waals surface area contributed by atoms with Crippen LogP contribution >= 0.6 is 0 Å². The van der Waals surface area contributed by atoms with Crippen LogP contribution in [0.4, 0.5) is 10.5 Å². The number of urea groups is 1. The molecule has 0 aliphatic heterocycles. The van der Waals surface area contributed by atoms with E-state index in [1.807, 2.05) is 25.1 Å². The minimum atomic E-state index is -0.651. The summed E-state index contributed by atoms with van der Waals surface area (Å²) in [4.78, 5) is 11.8. The molecule has 0 spiro atoms. The summed E-state index contributed by atoms with van der Waals surface area (Å²) in [7, 11) is 1.64. The van der Waals surface area contributed by atoms with Crippen molar-refractivity contribution in [3.8, 4) is 0 Å². The van der Waals surface area contributed by atoms with E-state index in [9.17, 15) is 4.79 Å². The molecular formula is C14H22N2O3. The molecule has 0 aromatic heterocycles. The average molecular weight is 266 g/mol. The fourth-order valence-electron chi connectivity index (χ4n) is 1.51. The maximum Gasteiger partial charge on any atom is 0.319 e. The first-order valence-electron chi connectivity index (χ1n) is 6.21. The Labute approximate surface area is 114 Å². The van der Waals surface area contributed by atoms with Crippen molar-refractivity contribution in [2.45, 2.75) is 32.4 Å². The van der Waals surface area contributed by atoms with Crippen molar-refractivity contribution < 1.29 is 14.6 Å². The molecule has 1 rings (SSSR count). The van der Waals surface area contributed by atoms with Crippen LogP contribution in [-0.4, -0.2) is 30.4 Å². The number of carbonyl (C=O) groups is 1. The number of carbonyl (C=O) groups excluding carboxylic acids is 1. The minimum Gasteiger partial charge on any atom is -0.394 e. The Morgan fingerprint density at radius 1 is 1.47 bits per heavy atom. The molecule has 0 aliphatic carbocycles. The highest BCUT2D eigenvalue weighted by Gasteiger charge is 2.19. The monoisotopic (exact) mass is 266 g/mol. The molecule has 5 heteroatoms. The van der Waals surface area contributed by atoms with Crippen molar-refractivity contribution in [3.63, 3.8) is 0 Å². The van der Waals surface area contributed by atoms with Crippen LogP contribution in [0.1, 0.15) is 32.4 Å². The molecule has 2 amide bonds. The minimum absolute atomic E-state index is 0.0290. The Kier molecular flexibility index (Phi) is 5.32. The largest absolute Gasteiger partial charge is 0.394 e. The SMILES string of the molecule is COC(C)c1cccc(NC(=O)NC(C)(C)CO)c1. The highest BCUT2D eigenvalue weighted by Crippen LogP contribution is 2.19. The van der Waals surface area contributed by atoms with Crippen LogP contribution in [0.3, 0.4) is 0 Å². The zero-order valence-electron chi connectivity index (χ0n) is 11.9. The predicted molar refractivity (Wildman–Crippen MR) is 75.2 cm³/mol. The summed E-state index contributed by atoms with van der Waals surface area (Å²) >= 11 is 0. The second-order valence-electron chi connectivity index (χ2n) is 5.12. The summed E-state index contributed by atoms with van der Waals surface area (Å²) in [5.74, 6) is 0. The lowest BCUT2D eigenvalue weighted by Crippen LogP contribution is -2.48. The van der Waals surface area contributed by atoms with Crippen LogP contribution in [0, 0.1) is 0 Å². The van der Waals surface area contributed by atoms with E-state index in [2.05, 4.69) is 10.6 Å². The molecule has 1 aromatic carbocycles. The molecule has 0 saturated carbocycles. The normalized spacial score (nSPS) is 12.9. The second kappa shape index (κ2) is 6.54. The molecule has 0 aliphatic rings. The number of nitrogens with one attached hydrogen (secondary N) is 2. The highest BCUT2D eigenvalue weighted by atomic mass is 16.5. The standard InChI is InChI=1S/C14H22N2O3/c1-10(19-4)11-6-5-7-12(8-11)15-13(18)16-14(2,3)9-17/h5-8,10,17H,9H2,1-4H3,(H2,15,16,18). The Balaban J connectivity index is 2.69. The van der Waals surface area contributed by atoms with Crippen molar-refractivity contribution >= 4 is 11.7 Å². The van der Waals surface area contributed by atoms with Crippen molar-refractivity contribution in [1.82, 2.24) is 5.32 Å². The van der Waals surface area contributed by atoms with E-state index in [0.717, 1.165) is 5.56 Å². The molecule has 0 bridgehead atoms. The Morgan fingerprint density at radius 3 is 2.74 bits per heavy atom. The number of anilines is 1. The maximum absolute atomic E-state index is 11.8. The van der Waals surface area contributed by atoms with Crippen molar-refractivity contribution in [1.29, 1.82) is 0 Å². The first-order valence-corrected chi connectivity index (χ1v) is 6.21. The van der Waals surface area contributed by atoms with Gasteiger partial charge in [0.15, 0.2) is 0 Å². The maximum atomic E-state index is 11.8. The van der Waals surface area contributed by atoms with Gasteiger partial charge in [-0.3, -0.25) is 0 Å². The molecule has 0 radical (unpaired) electrons. The van der Waals surface area contributed by atoms with Crippen molar-refractivity contribution in [2.24, 2.45) is 0 Å². The van der Waals surface area contributed by atoms with Gasteiger partial charge in [0.1, 0.15) is 0 Å². The van der Waals surface area contributed by atoms with Gasteiger partial charge in [-0.15, -0.1) is 0 Å². The first-order chi connectivity index (χ1) is 8.88. The third-order valence-corrected chi connectivity index (χ3v) is 2.81. The molecule has 1 unspecified atom stereocenters. The molecule has 0 fully saturated rings. The van der Waals surface area contributed by atoms with Gasteiger partial charge in [-0.25, -0.2) is 4.79 Å². The van der Waals surface area contributed by atoms with E-state index in [1.165, 1.54) is 0 Å². The lowest BCUT2D eigenvalue weighted by Gasteiger charge is -2.23. The van der Waals surface area contributed by atoms with Crippen LogP contribution in [0.25, 0.3) is 0 Å². The number of ether oxygens (including phenoxy) is 1. The number of aliphatic hydroxyl groups is 1. The molecule has 1 atom stereocenters. The first kappa shape index (κ1) is 15.5. The quantitative estimate of drug-likeness (QED) is 0.765. The lowest BCUT2D eigenvalue weighted by atomic mass is 10.1. The van der Waals surface area contributed by atoms with Crippen LogP contribution in [0.15, 0.2) is 24.3 Å². The van der Waals surface area contributed by atoms with Gasteiger partial charge < -0.3 is 20.5 Å². The topological polar surface area (TPSA) is 70.6 Å². The Morgan fingerprint density at radius 2 is 2.16 bits per heavy atom. The van der Waals surface area contributed by atoms with E-state index >= 15 is 0 Å². The van der Waals surface area contributed by atoms with Gasteiger partial charge in [-0.05, 0) is 38.5 Å². The number of hydrogen-bond donors (Lipinski definition) is 3. The molecule has 0 saturated heterocycles. The summed E-state index contributed by atoms with van der Waals surface area (Å²) in [5, 5.41) is 14.5. The fraction of sp³-hybridized carbons (Fsp3) is 0.500. The summed E-state index contributed by atoms with van der Waals surface area (Å²) in [5.41, 5.74) is 1.02. The van der Waals surface area contributed by atoms with Gasteiger partial charge in [0.2, 0.25) is 0 Å². The van der Waals surface area contributed by atoms with E-state index in [1.54, 1.807) is 27.0 Å². The number of amides is 2. The number of methoxy groups -OCH3 is 1. The van der Waals surface area contributed by atoms with Crippen LogP contribution in [0.2, 0.25) is 0 Å². The van der Waals surface area contributed by atoms with E-state index < -0.39 is 5.54 Å². The fourth-order valence-corrected chi connectivity index (χ4v) is 1.51. The van der Waals surface area contributed by atoms with E-state index in [-0.39, 0.29) is 18.7 Å². The lowest BCUT2D eigenvalue weighted by molar-refractivity contribution is 0.119. The number of benzene rings is 1. The molecule has 0 heterocycles. The molecule has 106 valence electrons. The summed E-state index contributed by atoms with van der Waals surface area (Å²) < 4.78 is 5.23. The molecule has 5 nitrogen and oxygen atoms in total. The van der Waals surface area contributed by atoms with Crippen LogP contribution < -0.4 is 10.6 Å². The van der Waals surface area contributed by atoms with Gasteiger partial charge in [0.25, 0.3) is 0 Å². The van der Waals surface area contributed by atoms with Crippen molar-refractivity contribution in [2.75, 3.05) is 19.0 Å². The number of rotatable bonds is 5. The summed E-state index contributed by atoms with van der Waals surface area (Å²) in [6, 6.07) is 7.12. The van der Waals surface area contributed by atoms with Gasteiger partial charge in [-0.1, -0.05) is 12.1 Å². The number of aliphatic hydroxyl groups excluding tert-OH is 1. The van der Waals surface area contributed by atoms with Crippen LogP contribution in [-0.2, 0) is 4.74 Å². The highest BCUT2D eigenvalue weighted by molar-refractivity contribution is 5.89. The third kappa shape index (κ3) is 4.89. The van der Waals surface area contributed by atoms with E-state index in [4.69, 9.17) is 9.84 Å². The summed E-state index contributed by atoms with van der Waals surface area (Å²) in [6.07, 6.45) is -0.0290. The van der Waals surface area contributed by atoms with Gasteiger partial charge in [0, 0.05) is 12.8 Å². The number of hydrogen-bond acceptors (Lipinski definition) is 3. The molecular weight excluding hydrogens is 244 g/mol. The Bertz CT molecular complexity index is 432. The zero-order valence-corrected chi connectivity index (χ0v) is 11.9. The summed E-state index contributed by atoms with van der Waals surface area (Å²) in [6.45, 7) is 5.31. The van der Waals surface area contributed by atoms with E-state index in [0.29, 0.717) is 5.69 Å². The molecule has 1 aromatic rings. The van der Waals surface area contributed by atoms with Gasteiger partial charge in [-0.2, -0.15) is 0 Å².